The second-order valence-corrected chi connectivity index (χ2v) is 6.67. The van der Waals surface area contributed by atoms with Crippen molar-refractivity contribution in [3.8, 4) is 11.4 Å². The molecule has 1 atom stereocenters. The molecular formula is C17H25N5O2S. The molecule has 7 nitrogen and oxygen atoms in total. The summed E-state index contributed by atoms with van der Waals surface area (Å²) >= 11 is 1.37. The zero-order valence-electron chi connectivity index (χ0n) is 15.3. The smallest absolute Gasteiger partial charge is 0.230 e. The van der Waals surface area contributed by atoms with Gasteiger partial charge in [-0.05, 0) is 44.8 Å². The van der Waals surface area contributed by atoms with Crippen LogP contribution < -0.4 is 10.1 Å². The van der Waals surface area contributed by atoms with Gasteiger partial charge in [0.05, 0.1) is 18.9 Å². The molecule has 0 fully saturated rings. The maximum atomic E-state index is 11.6. The van der Waals surface area contributed by atoms with Gasteiger partial charge >= 0.3 is 0 Å². The molecule has 0 saturated carbocycles. The van der Waals surface area contributed by atoms with Crippen molar-refractivity contribution in [2.45, 2.75) is 24.5 Å². The molecule has 0 aliphatic heterocycles. The Morgan fingerprint density at radius 2 is 2.00 bits per heavy atom. The first-order valence-corrected chi connectivity index (χ1v) is 9.09. The van der Waals surface area contributed by atoms with Gasteiger partial charge in [-0.2, -0.15) is 0 Å². The molecule has 0 unspecified atom stereocenters. The monoisotopic (exact) mass is 363 g/mol. The van der Waals surface area contributed by atoms with Crippen molar-refractivity contribution < 1.29 is 9.53 Å². The van der Waals surface area contributed by atoms with Crippen molar-refractivity contribution in [3.05, 3.63) is 30.1 Å². The van der Waals surface area contributed by atoms with Crippen LogP contribution in [0, 0.1) is 0 Å². The van der Waals surface area contributed by atoms with E-state index in [1.165, 1.54) is 11.8 Å². The van der Waals surface area contributed by atoms with Gasteiger partial charge in [0, 0.05) is 12.7 Å². The minimum absolute atomic E-state index is 0.0458. The standard InChI is InChI=1S/C17H25N5O2S/c1-6-14(21(3)4)16-19-20-17(25-11-15(23)18-2)22(16)12-7-9-13(24-5)10-8-12/h7-10,14H,6,11H2,1-5H3,(H,18,23)/t14-/m0/s1. The lowest BCUT2D eigenvalue weighted by Crippen LogP contribution is -2.23. The Hall–Kier alpha value is -2.06. The van der Waals surface area contributed by atoms with Crippen LogP contribution in [-0.4, -0.2) is 59.6 Å². The van der Waals surface area contributed by atoms with E-state index in [-0.39, 0.29) is 11.9 Å². The maximum Gasteiger partial charge on any atom is 0.230 e. The van der Waals surface area contributed by atoms with E-state index in [0.29, 0.717) is 10.9 Å². The highest BCUT2D eigenvalue weighted by Crippen LogP contribution is 2.29. The topological polar surface area (TPSA) is 72.3 Å². The van der Waals surface area contributed by atoms with Crippen molar-refractivity contribution >= 4 is 17.7 Å². The highest BCUT2D eigenvalue weighted by atomic mass is 32.2. The van der Waals surface area contributed by atoms with Crippen molar-refractivity contribution in [2.24, 2.45) is 0 Å². The number of benzene rings is 1. The van der Waals surface area contributed by atoms with Crippen LogP contribution in [0.1, 0.15) is 25.2 Å². The molecule has 136 valence electrons. The van der Waals surface area contributed by atoms with Gasteiger partial charge in [0.1, 0.15) is 5.75 Å². The van der Waals surface area contributed by atoms with Crippen molar-refractivity contribution in [3.63, 3.8) is 0 Å². The van der Waals surface area contributed by atoms with Crippen LogP contribution in [0.5, 0.6) is 5.75 Å². The Morgan fingerprint density at radius 3 is 2.52 bits per heavy atom. The van der Waals surface area contributed by atoms with E-state index >= 15 is 0 Å². The number of thioether (sulfide) groups is 1. The summed E-state index contributed by atoms with van der Waals surface area (Å²) in [6.07, 6.45) is 0.904. The molecule has 0 aliphatic rings. The predicted octanol–water partition coefficient (Wildman–Crippen LogP) is 2.13. The highest BCUT2D eigenvalue weighted by Gasteiger charge is 2.23. The van der Waals surface area contributed by atoms with E-state index in [9.17, 15) is 4.79 Å². The van der Waals surface area contributed by atoms with Gasteiger partial charge in [-0.25, -0.2) is 0 Å². The molecule has 0 radical (unpaired) electrons. The maximum absolute atomic E-state index is 11.6. The number of aromatic nitrogens is 3. The van der Waals surface area contributed by atoms with E-state index < -0.39 is 0 Å². The normalized spacial score (nSPS) is 12.2. The van der Waals surface area contributed by atoms with Gasteiger partial charge in [-0.3, -0.25) is 14.3 Å². The zero-order valence-corrected chi connectivity index (χ0v) is 16.1. The largest absolute Gasteiger partial charge is 0.497 e. The molecule has 2 rings (SSSR count). The third kappa shape index (κ3) is 4.52. The average molecular weight is 363 g/mol. The molecule has 0 spiro atoms. The summed E-state index contributed by atoms with van der Waals surface area (Å²) in [6, 6.07) is 7.88. The summed E-state index contributed by atoms with van der Waals surface area (Å²) in [7, 11) is 7.32. The molecule has 0 bridgehead atoms. The molecule has 0 aliphatic carbocycles. The number of carbonyl (C=O) groups excluding carboxylic acids is 1. The van der Waals surface area contributed by atoms with E-state index in [2.05, 4.69) is 27.3 Å². The first-order chi connectivity index (χ1) is 12.0. The summed E-state index contributed by atoms with van der Waals surface area (Å²) < 4.78 is 7.26. The number of hydrogen-bond acceptors (Lipinski definition) is 6. The fourth-order valence-corrected chi connectivity index (χ4v) is 3.38. The molecule has 1 aromatic heterocycles. The Balaban J connectivity index is 2.46. The molecule has 1 N–H and O–H groups in total. The Labute approximate surface area is 152 Å². The van der Waals surface area contributed by atoms with Crippen LogP contribution in [0.15, 0.2) is 29.4 Å². The van der Waals surface area contributed by atoms with Crippen molar-refractivity contribution in [1.82, 2.24) is 25.0 Å². The lowest BCUT2D eigenvalue weighted by atomic mass is 10.2. The Kier molecular flexibility index (Phi) is 6.83. The molecule has 2 aromatic rings. The van der Waals surface area contributed by atoms with E-state index in [1.54, 1.807) is 14.2 Å². The van der Waals surface area contributed by atoms with E-state index in [4.69, 9.17) is 4.74 Å². The van der Waals surface area contributed by atoms with Gasteiger partial charge in [-0.1, -0.05) is 18.7 Å². The fraction of sp³-hybridized carbons (Fsp3) is 0.471. The van der Waals surface area contributed by atoms with E-state index in [0.717, 1.165) is 23.7 Å². The molecule has 25 heavy (non-hydrogen) atoms. The second-order valence-electron chi connectivity index (χ2n) is 5.72. The fourth-order valence-electron chi connectivity index (χ4n) is 2.55. The summed E-state index contributed by atoms with van der Waals surface area (Å²) in [5.41, 5.74) is 0.945. The SMILES string of the molecule is CC[C@@H](c1nnc(SCC(=O)NC)n1-c1ccc(OC)cc1)N(C)C. The summed E-state index contributed by atoms with van der Waals surface area (Å²) in [5, 5.41) is 12.1. The molecule has 1 amide bonds. The number of hydrogen-bond donors (Lipinski definition) is 1. The Bertz CT molecular complexity index is 700. The molecule has 1 heterocycles. The molecule has 8 heteroatoms. The van der Waals surface area contributed by atoms with Gasteiger partial charge in [0.15, 0.2) is 11.0 Å². The van der Waals surface area contributed by atoms with Crippen molar-refractivity contribution in [2.75, 3.05) is 34.0 Å². The quantitative estimate of drug-likeness (QED) is 0.725. The van der Waals surface area contributed by atoms with E-state index in [1.807, 2.05) is 42.9 Å². The van der Waals surface area contributed by atoms with Gasteiger partial charge in [-0.15, -0.1) is 10.2 Å². The Morgan fingerprint density at radius 1 is 1.32 bits per heavy atom. The average Bonchev–Trinajstić information content (AvgIpc) is 3.03. The second kappa shape index (κ2) is 8.87. The van der Waals surface area contributed by atoms with Gasteiger partial charge in [0.25, 0.3) is 0 Å². The first-order valence-electron chi connectivity index (χ1n) is 8.11. The minimum atomic E-state index is -0.0458. The molecule has 1 aromatic carbocycles. The summed E-state index contributed by atoms with van der Waals surface area (Å²) in [6.45, 7) is 2.12. The highest BCUT2D eigenvalue weighted by molar-refractivity contribution is 7.99. The van der Waals surface area contributed by atoms with Crippen LogP contribution >= 0.6 is 11.8 Å². The lowest BCUT2D eigenvalue weighted by molar-refractivity contribution is -0.118. The number of nitrogens with one attached hydrogen (secondary N) is 1. The number of amides is 1. The molecular weight excluding hydrogens is 338 g/mol. The van der Waals surface area contributed by atoms with Crippen LogP contribution in [0.2, 0.25) is 0 Å². The number of ether oxygens (including phenoxy) is 1. The first kappa shape index (κ1) is 19.3. The summed E-state index contributed by atoms with van der Waals surface area (Å²) in [4.78, 5) is 13.7. The lowest BCUT2D eigenvalue weighted by Gasteiger charge is -2.23. The number of nitrogens with zero attached hydrogens (tertiary/aromatic N) is 4. The van der Waals surface area contributed by atoms with Crippen LogP contribution in [0.4, 0.5) is 0 Å². The predicted molar refractivity (Wildman–Crippen MR) is 99.4 cm³/mol. The van der Waals surface area contributed by atoms with Crippen LogP contribution in [0.25, 0.3) is 5.69 Å². The zero-order chi connectivity index (χ0) is 18.4. The number of methoxy groups -OCH3 is 1. The third-order valence-corrected chi connectivity index (χ3v) is 4.84. The third-order valence-electron chi connectivity index (χ3n) is 3.91. The van der Waals surface area contributed by atoms with Gasteiger partial charge < -0.3 is 10.1 Å². The number of rotatable bonds is 8. The molecule has 0 saturated heterocycles. The van der Waals surface area contributed by atoms with Crippen LogP contribution in [-0.2, 0) is 4.79 Å². The van der Waals surface area contributed by atoms with Crippen molar-refractivity contribution in [1.29, 1.82) is 0 Å². The van der Waals surface area contributed by atoms with Crippen LogP contribution in [0.3, 0.4) is 0 Å². The van der Waals surface area contributed by atoms with Gasteiger partial charge in [0.2, 0.25) is 5.91 Å². The number of carbonyl (C=O) groups is 1. The summed E-state index contributed by atoms with van der Waals surface area (Å²) in [5.74, 6) is 1.90. The minimum Gasteiger partial charge on any atom is -0.497 e.